The standard InChI is InChI=1S/C12H15ClFN3O/c13-8-11(15)16-10-3-1-2-9(14)12(10)17-4-6-18-7-5-17/h1-3H,4-8H2,(H2,15,16). The van der Waals surface area contributed by atoms with Crippen LogP contribution in [0.2, 0.25) is 0 Å². The van der Waals surface area contributed by atoms with Crippen molar-refractivity contribution in [2.75, 3.05) is 37.1 Å². The number of amidine groups is 1. The highest BCUT2D eigenvalue weighted by Gasteiger charge is 2.18. The third-order valence-electron chi connectivity index (χ3n) is 2.69. The molecule has 1 fully saturated rings. The molecule has 0 bridgehead atoms. The van der Waals surface area contributed by atoms with Gasteiger partial charge in [-0.15, -0.1) is 11.6 Å². The molecule has 0 radical (unpaired) electrons. The smallest absolute Gasteiger partial charge is 0.148 e. The average molecular weight is 272 g/mol. The van der Waals surface area contributed by atoms with Crippen molar-refractivity contribution in [3.05, 3.63) is 24.0 Å². The number of anilines is 1. The second-order valence-electron chi connectivity index (χ2n) is 3.94. The minimum absolute atomic E-state index is 0.124. The van der Waals surface area contributed by atoms with Gasteiger partial charge in [-0.2, -0.15) is 0 Å². The van der Waals surface area contributed by atoms with Crippen LogP contribution in [0, 0.1) is 5.82 Å². The number of benzene rings is 1. The van der Waals surface area contributed by atoms with Gasteiger partial charge < -0.3 is 15.4 Å². The molecule has 0 unspecified atom stereocenters. The number of alkyl halides is 1. The van der Waals surface area contributed by atoms with Gasteiger partial charge in [0.25, 0.3) is 0 Å². The van der Waals surface area contributed by atoms with E-state index in [4.69, 9.17) is 22.1 Å². The quantitative estimate of drug-likeness (QED) is 0.519. The van der Waals surface area contributed by atoms with Crippen molar-refractivity contribution in [2.45, 2.75) is 0 Å². The number of hydrogen-bond acceptors (Lipinski definition) is 3. The molecule has 1 aromatic carbocycles. The van der Waals surface area contributed by atoms with E-state index in [1.807, 2.05) is 4.90 Å². The van der Waals surface area contributed by atoms with Crippen LogP contribution in [0.25, 0.3) is 0 Å². The summed E-state index contributed by atoms with van der Waals surface area (Å²) in [7, 11) is 0. The molecule has 2 rings (SSSR count). The van der Waals surface area contributed by atoms with E-state index in [1.165, 1.54) is 6.07 Å². The topological polar surface area (TPSA) is 50.8 Å². The lowest BCUT2D eigenvalue weighted by atomic mass is 10.2. The maximum atomic E-state index is 14.0. The van der Waals surface area contributed by atoms with Gasteiger partial charge in [0, 0.05) is 13.1 Å². The van der Waals surface area contributed by atoms with Gasteiger partial charge in [0.05, 0.1) is 30.5 Å². The Balaban J connectivity index is 2.37. The Morgan fingerprint density at radius 1 is 1.44 bits per heavy atom. The first-order chi connectivity index (χ1) is 8.72. The fraction of sp³-hybridized carbons (Fsp3) is 0.417. The Kier molecular flexibility index (Phi) is 4.38. The number of aliphatic imine (C=N–C) groups is 1. The van der Waals surface area contributed by atoms with Gasteiger partial charge in [-0.25, -0.2) is 9.38 Å². The lowest BCUT2D eigenvalue weighted by Gasteiger charge is -2.30. The SMILES string of the molecule is NC(CCl)=Nc1cccc(F)c1N1CCOCC1. The summed E-state index contributed by atoms with van der Waals surface area (Å²) in [4.78, 5) is 6.07. The maximum Gasteiger partial charge on any atom is 0.148 e. The minimum Gasteiger partial charge on any atom is -0.386 e. The number of nitrogens with two attached hydrogens (primary N) is 1. The summed E-state index contributed by atoms with van der Waals surface area (Å²) in [5.74, 6) is 0.0938. The van der Waals surface area contributed by atoms with Crippen LogP contribution in [0.5, 0.6) is 0 Å². The third-order valence-corrected chi connectivity index (χ3v) is 2.97. The molecule has 0 spiro atoms. The molecule has 0 aromatic heterocycles. The number of rotatable bonds is 3. The van der Waals surface area contributed by atoms with Crippen molar-refractivity contribution in [3.63, 3.8) is 0 Å². The van der Waals surface area contributed by atoms with Gasteiger partial charge in [0.1, 0.15) is 11.7 Å². The van der Waals surface area contributed by atoms with E-state index in [2.05, 4.69) is 4.99 Å². The zero-order valence-electron chi connectivity index (χ0n) is 9.90. The number of nitrogens with zero attached hydrogens (tertiary/aromatic N) is 2. The maximum absolute atomic E-state index is 14.0. The average Bonchev–Trinajstić information content (AvgIpc) is 2.40. The predicted octanol–water partition coefficient (Wildman–Crippen LogP) is 1.89. The fourth-order valence-electron chi connectivity index (χ4n) is 1.88. The minimum atomic E-state index is -0.305. The molecule has 18 heavy (non-hydrogen) atoms. The van der Waals surface area contributed by atoms with Gasteiger partial charge in [0.2, 0.25) is 0 Å². The molecule has 1 aromatic rings. The summed E-state index contributed by atoms with van der Waals surface area (Å²) in [6, 6.07) is 4.76. The molecule has 4 nitrogen and oxygen atoms in total. The lowest BCUT2D eigenvalue weighted by molar-refractivity contribution is 0.122. The van der Waals surface area contributed by atoms with Crippen LogP contribution < -0.4 is 10.6 Å². The van der Waals surface area contributed by atoms with Gasteiger partial charge in [-0.3, -0.25) is 0 Å². The normalized spacial score (nSPS) is 17.0. The largest absolute Gasteiger partial charge is 0.386 e. The number of para-hydroxylation sites is 1. The first-order valence-electron chi connectivity index (χ1n) is 5.72. The molecule has 98 valence electrons. The molecule has 0 aliphatic carbocycles. The first-order valence-corrected chi connectivity index (χ1v) is 6.26. The summed E-state index contributed by atoms with van der Waals surface area (Å²) < 4.78 is 19.2. The van der Waals surface area contributed by atoms with Crippen LogP contribution in [0.3, 0.4) is 0 Å². The van der Waals surface area contributed by atoms with E-state index in [-0.39, 0.29) is 17.5 Å². The molecule has 1 aliphatic heterocycles. The Labute approximate surface area is 110 Å². The third kappa shape index (κ3) is 2.91. The fourth-order valence-corrected chi connectivity index (χ4v) is 1.94. The van der Waals surface area contributed by atoms with Gasteiger partial charge in [0.15, 0.2) is 0 Å². The van der Waals surface area contributed by atoms with E-state index in [9.17, 15) is 4.39 Å². The molecule has 0 atom stereocenters. The van der Waals surface area contributed by atoms with Crippen molar-refractivity contribution in [2.24, 2.45) is 10.7 Å². The molecule has 1 heterocycles. The van der Waals surface area contributed by atoms with E-state index in [0.717, 1.165) is 0 Å². The Hall–Kier alpha value is -1.33. The number of morpholine rings is 1. The highest BCUT2D eigenvalue weighted by Crippen LogP contribution is 2.32. The zero-order chi connectivity index (χ0) is 13.0. The number of hydrogen-bond donors (Lipinski definition) is 1. The second-order valence-corrected chi connectivity index (χ2v) is 4.21. The Morgan fingerprint density at radius 3 is 2.83 bits per heavy atom. The summed E-state index contributed by atoms with van der Waals surface area (Å²) in [6.07, 6.45) is 0. The van der Waals surface area contributed by atoms with Crippen LogP contribution in [-0.4, -0.2) is 38.0 Å². The molecule has 1 saturated heterocycles. The van der Waals surface area contributed by atoms with Crippen molar-refractivity contribution >= 4 is 28.8 Å². The lowest BCUT2D eigenvalue weighted by Crippen LogP contribution is -2.36. The molecule has 2 N–H and O–H groups in total. The number of halogens is 2. The number of ether oxygens (including phenoxy) is 1. The monoisotopic (exact) mass is 271 g/mol. The van der Waals surface area contributed by atoms with Crippen molar-refractivity contribution in [1.29, 1.82) is 0 Å². The van der Waals surface area contributed by atoms with Gasteiger partial charge >= 0.3 is 0 Å². The van der Waals surface area contributed by atoms with Gasteiger partial charge in [-0.05, 0) is 12.1 Å². The van der Waals surface area contributed by atoms with Crippen molar-refractivity contribution < 1.29 is 9.13 Å². The van der Waals surface area contributed by atoms with Crippen LogP contribution >= 0.6 is 11.6 Å². The highest BCUT2D eigenvalue weighted by atomic mass is 35.5. The van der Waals surface area contributed by atoms with Crippen LogP contribution in [-0.2, 0) is 4.74 Å². The Bertz CT molecular complexity index is 447. The molecule has 6 heteroatoms. The van der Waals surface area contributed by atoms with Crippen molar-refractivity contribution in [1.82, 2.24) is 0 Å². The van der Waals surface area contributed by atoms with E-state index >= 15 is 0 Å². The summed E-state index contributed by atoms with van der Waals surface area (Å²) in [5, 5.41) is 0. The van der Waals surface area contributed by atoms with E-state index in [0.29, 0.717) is 37.7 Å². The highest BCUT2D eigenvalue weighted by molar-refractivity contribution is 6.28. The van der Waals surface area contributed by atoms with Crippen LogP contribution in [0.1, 0.15) is 0 Å². The molecular weight excluding hydrogens is 257 g/mol. The molecule has 0 amide bonds. The predicted molar refractivity (Wildman–Crippen MR) is 71.4 cm³/mol. The molecule has 1 aliphatic rings. The molecule has 0 saturated carbocycles. The second kappa shape index (κ2) is 6.02. The van der Waals surface area contributed by atoms with Crippen LogP contribution in [0.15, 0.2) is 23.2 Å². The summed E-state index contributed by atoms with van der Waals surface area (Å²) in [5.41, 5.74) is 6.58. The zero-order valence-corrected chi connectivity index (χ0v) is 10.7. The van der Waals surface area contributed by atoms with Crippen molar-refractivity contribution in [3.8, 4) is 0 Å². The van der Waals surface area contributed by atoms with Crippen LogP contribution in [0.4, 0.5) is 15.8 Å². The summed E-state index contributed by atoms with van der Waals surface area (Å²) >= 11 is 5.60. The summed E-state index contributed by atoms with van der Waals surface area (Å²) in [6.45, 7) is 2.46. The van der Waals surface area contributed by atoms with E-state index in [1.54, 1.807) is 12.1 Å². The Morgan fingerprint density at radius 2 is 2.17 bits per heavy atom. The van der Waals surface area contributed by atoms with Gasteiger partial charge in [-0.1, -0.05) is 6.07 Å². The first kappa shape index (κ1) is 13.1. The van der Waals surface area contributed by atoms with E-state index < -0.39 is 0 Å². The molecular formula is C12H15ClFN3O.